The molecule has 0 saturated heterocycles. The number of rotatable bonds is 3. The van der Waals surface area contributed by atoms with Gasteiger partial charge in [0.05, 0.1) is 0 Å². The van der Waals surface area contributed by atoms with Gasteiger partial charge in [-0.15, -0.1) is 0 Å². The van der Waals surface area contributed by atoms with Gasteiger partial charge in [-0.25, -0.2) is 9.78 Å². The number of likely N-dealkylation sites (N-methyl/N-ethyl adjacent to an activating group) is 1. The zero-order valence-corrected chi connectivity index (χ0v) is 12.3. The van der Waals surface area contributed by atoms with Gasteiger partial charge in [-0.05, 0) is 34.6 Å². The summed E-state index contributed by atoms with van der Waals surface area (Å²) in [5.41, 5.74) is -1.89. The SMILES string of the molecule is CN(c1nccn(C(C)(C)C)c1=O)C(C)(C)C(=O)O. The molecule has 19 heavy (non-hydrogen) atoms. The zero-order valence-electron chi connectivity index (χ0n) is 12.3. The summed E-state index contributed by atoms with van der Waals surface area (Å²) in [7, 11) is 1.56. The molecule has 0 aliphatic rings. The van der Waals surface area contributed by atoms with E-state index in [0.29, 0.717) is 0 Å². The minimum atomic E-state index is -1.21. The fraction of sp³-hybridized carbons (Fsp3) is 0.615. The first kappa shape index (κ1) is 15.2. The minimum absolute atomic E-state index is 0.129. The lowest BCUT2D eigenvalue weighted by molar-refractivity contribution is -0.142. The monoisotopic (exact) mass is 267 g/mol. The van der Waals surface area contributed by atoms with Gasteiger partial charge >= 0.3 is 5.97 Å². The number of carboxylic acid groups (broad SMARTS) is 1. The van der Waals surface area contributed by atoms with Crippen LogP contribution >= 0.6 is 0 Å². The fourth-order valence-corrected chi connectivity index (χ4v) is 1.57. The average Bonchev–Trinajstić information content (AvgIpc) is 2.26. The van der Waals surface area contributed by atoms with E-state index in [1.54, 1.807) is 17.8 Å². The molecule has 1 rings (SSSR count). The number of aromatic nitrogens is 2. The molecule has 0 bridgehead atoms. The van der Waals surface area contributed by atoms with E-state index < -0.39 is 11.5 Å². The Morgan fingerprint density at radius 1 is 1.32 bits per heavy atom. The molecule has 0 amide bonds. The second-order valence-corrected chi connectivity index (χ2v) is 6.02. The van der Waals surface area contributed by atoms with Crippen molar-refractivity contribution < 1.29 is 9.90 Å². The third-order valence-corrected chi connectivity index (χ3v) is 3.22. The van der Waals surface area contributed by atoms with Crippen molar-refractivity contribution in [2.24, 2.45) is 0 Å². The topological polar surface area (TPSA) is 75.4 Å². The van der Waals surface area contributed by atoms with Crippen molar-refractivity contribution in [3.05, 3.63) is 22.7 Å². The summed E-state index contributed by atoms with van der Waals surface area (Å²) >= 11 is 0. The van der Waals surface area contributed by atoms with Crippen molar-refractivity contribution in [3.8, 4) is 0 Å². The van der Waals surface area contributed by atoms with Crippen molar-refractivity contribution in [2.45, 2.75) is 45.7 Å². The van der Waals surface area contributed by atoms with E-state index in [9.17, 15) is 14.7 Å². The molecular weight excluding hydrogens is 246 g/mol. The highest BCUT2D eigenvalue weighted by Gasteiger charge is 2.34. The first-order valence-electron chi connectivity index (χ1n) is 6.05. The van der Waals surface area contributed by atoms with Crippen LogP contribution < -0.4 is 10.5 Å². The van der Waals surface area contributed by atoms with Gasteiger partial charge in [-0.3, -0.25) is 4.79 Å². The second-order valence-electron chi connectivity index (χ2n) is 6.02. The Kier molecular flexibility index (Phi) is 3.74. The molecule has 0 fully saturated rings. The zero-order chi connectivity index (χ0) is 15.0. The van der Waals surface area contributed by atoms with E-state index in [0.717, 1.165) is 0 Å². The summed E-state index contributed by atoms with van der Waals surface area (Å²) in [6.07, 6.45) is 3.11. The molecule has 6 nitrogen and oxygen atoms in total. The molecule has 0 aromatic carbocycles. The van der Waals surface area contributed by atoms with Gasteiger partial charge < -0.3 is 14.6 Å². The largest absolute Gasteiger partial charge is 0.480 e. The summed E-state index contributed by atoms with van der Waals surface area (Å²) in [5, 5.41) is 9.21. The molecule has 0 spiro atoms. The van der Waals surface area contributed by atoms with Crippen LogP contribution in [-0.2, 0) is 10.3 Å². The Morgan fingerprint density at radius 2 is 1.84 bits per heavy atom. The molecule has 106 valence electrons. The standard InChI is InChI=1S/C13H21N3O3/c1-12(2,3)16-8-7-14-9(10(16)17)15(6)13(4,5)11(18)19/h7-8H,1-6H3,(H,18,19). The van der Waals surface area contributed by atoms with Crippen molar-refractivity contribution in [3.63, 3.8) is 0 Å². The summed E-state index contributed by atoms with van der Waals surface area (Å²) in [4.78, 5) is 29.1. The average molecular weight is 267 g/mol. The molecule has 0 atom stereocenters. The van der Waals surface area contributed by atoms with Gasteiger partial charge in [0.2, 0.25) is 0 Å². The number of aliphatic carboxylic acids is 1. The Balaban J connectivity index is 3.39. The molecule has 6 heteroatoms. The third-order valence-electron chi connectivity index (χ3n) is 3.22. The maximum Gasteiger partial charge on any atom is 0.328 e. The Bertz CT molecular complexity index is 541. The van der Waals surface area contributed by atoms with Crippen LogP contribution in [0.4, 0.5) is 5.82 Å². The highest BCUT2D eigenvalue weighted by atomic mass is 16.4. The van der Waals surface area contributed by atoms with Gasteiger partial charge in [0.25, 0.3) is 5.56 Å². The van der Waals surface area contributed by atoms with Crippen LogP contribution in [0.25, 0.3) is 0 Å². The number of hydrogen-bond acceptors (Lipinski definition) is 4. The van der Waals surface area contributed by atoms with Crippen molar-refractivity contribution in [2.75, 3.05) is 11.9 Å². The highest BCUT2D eigenvalue weighted by molar-refractivity contribution is 5.81. The number of nitrogens with zero attached hydrogens (tertiary/aromatic N) is 3. The lowest BCUT2D eigenvalue weighted by Gasteiger charge is -2.33. The molecule has 0 aliphatic carbocycles. The first-order valence-corrected chi connectivity index (χ1v) is 6.05. The van der Waals surface area contributed by atoms with Crippen LogP contribution in [0.2, 0.25) is 0 Å². The minimum Gasteiger partial charge on any atom is -0.480 e. The van der Waals surface area contributed by atoms with Gasteiger partial charge in [0.15, 0.2) is 5.82 Å². The molecule has 1 aromatic heterocycles. The summed E-state index contributed by atoms with van der Waals surface area (Å²) in [5.74, 6) is -0.882. The normalized spacial score (nSPS) is 12.3. The predicted molar refractivity (Wildman–Crippen MR) is 73.6 cm³/mol. The van der Waals surface area contributed by atoms with E-state index in [1.165, 1.54) is 24.9 Å². The van der Waals surface area contributed by atoms with E-state index >= 15 is 0 Å². The van der Waals surface area contributed by atoms with Gasteiger partial charge in [-0.2, -0.15) is 0 Å². The molecule has 1 aromatic rings. The third kappa shape index (κ3) is 2.77. The molecule has 1 heterocycles. The summed E-state index contributed by atoms with van der Waals surface area (Å²) < 4.78 is 1.55. The van der Waals surface area contributed by atoms with E-state index in [-0.39, 0.29) is 16.9 Å². The van der Waals surface area contributed by atoms with Gasteiger partial charge in [0, 0.05) is 25.0 Å². The van der Waals surface area contributed by atoms with Crippen molar-refractivity contribution >= 4 is 11.8 Å². The Labute approximate surface area is 112 Å². The number of carbonyl (C=O) groups is 1. The first-order chi connectivity index (χ1) is 8.49. The van der Waals surface area contributed by atoms with Crippen LogP contribution in [0.5, 0.6) is 0 Å². The lowest BCUT2D eigenvalue weighted by Crippen LogP contribution is -2.51. The lowest BCUT2D eigenvalue weighted by atomic mass is 10.0. The molecule has 0 saturated carbocycles. The van der Waals surface area contributed by atoms with E-state index in [2.05, 4.69) is 4.98 Å². The molecule has 0 radical (unpaired) electrons. The summed E-state index contributed by atoms with van der Waals surface area (Å²) in [6, 6.07) is 0. The van der Waals surface area contributed by atoms with Crippen LogP contribution in [0.3, 0.4) is 0 Å². The second kappa shape index (κ2) is 4.68. The predicted octanol–water partition coefficient (Wildman–Crippen LogP) is 1.30. The van der Waals surface area contributed by atoms with Crippen molar-refractivity contribution in [1.82, 2.24) is 9.55 Å². The van der Waals surface area contributed by atoms with Gasteiger partial charge in [0.1, 0.15) is 5.54 Å². The number of hydrogen-bond donors (Lipinski definition) is 1. The van der Waals surface area contributed by atoms with E-state index in [1.807, 2.05) is 20.8 Å². The number of anilines is 1. The molecule has 0 unspecified atom stereocenters. The number of carboxylic acids is 1. The maximum absolute atomic E-state index is 12.4. The quantitative estimate of drug-likeness (QED) is 0.893. The molecule has 0 aliphatic heterocycles. The maximum atomic E-state index is 12.4. The highest BCUT2D eigenvalue weighted by Crippen LogP contribution is 2.18. The van der Waals surface area contributed by atoms with Crippen molar-refractivity contribution in [1.29, 1.82) is 0 Å². The van der Waals surface area contributed by atoms with E-state index in [4.69, 9.17) is 0 Å². The Morgan fingerprint density at radius 3 is 2.26 bits per heavy atom. The van der Waals surface area contributed by atoms with Gasteiger partial charge in [-0.1, -0.05) is 0 Å². The molecule has 1 N–H and O–H groups in total. The van der Waals surface area contributed by atoms with Crippen LogP contribution in [0, 0.1) is 0 Å². The molecular formula is C13H21N3O3. The van der Waals surface area contributed by atoms with Crippen LogP contribution in [0.15, 0.2) is 17.2 Å². The van der Waals surface area contributed by atoms with Crippen LogP contribution in [0.1, 0.15) is 34.6 Å². The summed E-state index contributed by atoms with van der Waals surface area (Å²) in [6.45, 7) is 8.78. The fourth-order valence-electron chi connectivity index (χ4n) is 1.57. The smallest absolute Gasteiger partial charge is 0.328 e. The Hall–Kier alpha value is -1.85. The van der Waals surface area contributed by atoms with Crippen LogP contribution in [-0.4, -0.2) is 33.2 Å².